The van der Waals surface area contributed by atoms with Crippen LogP contribution in [0.15, 0.2) is 24.3 Å². The van der Waals surface area contributed by atoms with Gasteiger partial charge in [-0.25, -0.2) is 0 Å². The molecule has 1 fully saturated rings. The molecule has 2 atom stereocenters. The van der Waals surface area contributed by atoms with Crippen molar-refractivity contribution >= 4 is 5.69 Å². The number of nitrogens with zero attached hydrogens (tertiary/aromatic N) is 2. The van der Waals surface area contributed by atoms with Crippen LogP contribution in [0.25, 0.3) is 0 Å². The standard InChI is InChI=1S/C15H23N3O2/c1-12(17-9-3-4-10-17)11-16-13(2)14-5-7-15(8-6-14)18(19)20/h5-8,12-13,16H,3-4,9-11H2,1-2H3. The van der Waals surface area contributed by atoms with E-state index in [0.29, 0.717) is 6.04 Å². The molecule has 1 saturated heterocycles. The van der Waals surface area contributed by atoms with E-state index in [1.165, 1.54) is 25.9 Å². The summed E-state index contributed by atoms with van der Waals surface area (Å²) >= 11 is 0. The number of nitro groups is 1. The second-order valence-corrected chi connectivity index (χ2v) is 5.57. The van der Waals surface area contributed by atoms with Crippen LogP contribution in [0.4, 0.5) is 5.69 Å². The van der Waals surface area contributed by atoms with Crippen molar-refractivity contribution in [3.05, 3.63) is 39.9 Å². The van der Waals surface area contributed by atoms with Gasteiger partial charge in [0.1, 0.15) is 0 Å². The molecule has 2 rings (SSSR count). The monoisotopic (exact) mass is 277 g/mol. The van der Waals surface area contributed by atoms with Gasteiger partial charge in [-0.2, -0.15) is 0 Å². The normalized spacial score (nSPS) is 18.9. The largest absolute Gasteiger partial charge is 0.309 e. The van der Waals surface area contributed by atoms with Crippen molar-refractivity contribution in [3.63, 3.8) is 0 Å². The predicted octanol–water partition coefficient (Wildman–Crippen LogP) is 2.73. The molecule has 0 saturated carbocycles. The highest BCUT2D eigenvalue weighted by molar-refractivity contribution is 5.34. The van der Waals surface area contributed by atoms with Crippen molar-refractivity contribution in [3.8, 4) is 0 Å². The predicted molar refractivity (Wildman–Crippen MR) is 79.8 cm³/mol. The van der Waals surface area contributed by atoms with Gasteiger partial charge in [0.2, 0.25) is 0 Å². The zero-order valence-corrected chi connectivity index (χ0v) is 12.2. The lowest BCUT2D eigenvalue weighted by Gasteiger charge is -2.25. The molecule has 0 amide bonds. The maximum absolute atomic E-state index is 10.6. The Kier molecular flexibility index (Phi) is 5.09. The minimum Gasteiger partial charge on any atom is -0.309 e. The van der Waals surface area contributed by atoms with E-state index in [9.17, 15) is 10.1 Å². The van der Waals surface area contributed by atoms with E-state index in [1.54, 1.807) is 12.1 Å². The highest BCUT2D eigenvalue weighted by atomic mass is 16.6. The molecule has 1 aliphatic heterocycles. The van der Waals surface area contributed by atoms with Crippen LogP contribution in [0.1, 0.15) is 38.3 Å². The summed E-state index contributed by atoms with van der Waals surface area (Å²) in [4.78, 5) is 12.8. The number of hydrogen-bond acceptors (Lipinski definition) is 4. The van der Waals surface area contributed by atoms with Crippen LogP contribution < -0.4 is 5.32 Å². The molecular formula is C15H23N3O2. The lowest BCUT2D eigenvalue weighted by Crippen LogP contribution is -2.39. The SMILES string of the molecule is CC(NCC(C)N1CCCC1)c1ccc([N+](=O)[O-])cc1. The summed E-state index contributed by atoms with van der Waals surface area (Å²) in [5.41, 5.74) is 1.23. The molecule has 0 aliphatic carbocycles. The number of nitro benzene ring substituents is 1. The Labute approximate surface area is 120 Å². The Balaban J connectivity index is 1.84. The van der Waals surface area contributed by atoms with E-state index in [2.05, 4.69) is 24.1 Å². The van der Waals surface area contributed by atoms with Crippen LogP contribution in [-0.2, 0) is 0 Å². The Morgan fingerprint density at radius 3 is 2.40 bits per heavy atom. The van der Waals surface area contributed by atoms with E-state index in [0.717, 1.165) is 12.1 Å². The maximum atomic E-state index is 10.6. The summed E-state index contributed by atoms with van der Waals surface area (Å²) < 4.78 is 0. The third-order valence-electron chi connectivity index (χ3n) is 4.09. The first kappa shape index (κ1) is 14.9. The second-order valence-electron chi connectivity index (χ2n) is 5.57. The van der Waals surface area contributed by atoms with E-state index < -0.39 is 0 Å². The molecule has 20 heavy (non-hydrogen) atoms. The number of nitrogens with one attached hydrogen (secondary N) is 1. The number of rotatable bonds is 6. The molecule has 0 aromatic heterocycles. The molecule has 1 aromatic carbocycles. The highest BCUT2D eigenvalue weighted by Crippen LogP contribution is 2.18. The average Bonchev–Trinajstić information content (AvgIpc) is 2.98. The molecule has 0 spiro atoms. The number of benzene rings is 1. The summed E-state index contributed by atoms with van der Waals surface area (Å²) in [6.45, 7) is 7.69. The lowest BCUT2D eigenvalue weighted by atomic mass is 10.1. The molecule has 1 heterocycles. The second kappa shape index (κ2) is 6.81. The van der Waals surface area contributed by atoms with Crippen LogP contribution in [-0.4, -0.2) is 35.5 Å². The van der Waals surface area contributed by atoms with Gasteiger partial charge >= 0.3 is 0 Å². The molecule has 5 nitrogen and oxygen atoms in total. The fraction of sp³-hybridized carbons (Fsp3) is 0.600. The number of hydrogen-bond donors (Lipinski definition) is 1. The molecule has 5 heteroatoms. The Hall–Kier alpha value is -1.46. The topological polar surface area (TPSA) is 58.4 Å². The van der Waals surface area contributed by atoms with E-state index in [-0.39, 0.29) is 16.7 Å². The van der Waals surface area contributed by atoms with Crippen molar-refractivity contribution in [2.75, 3.05) is 19.6 Å². The summed E-state index contributed by atoms with van der Waals surface area (Å²) in [5.74, 6) is 0. The van der Waals surface area contributed by atoms with E-state index in [1.807, 2.05) is 12.1 Å². The van der Waals surface area contributed by atoms with Crippen molar-refractivity contribution < 1.29 is 4.92 Å². The zero-order chi connectivity index (χ0) is 14.5. The molecule has 1 N–H and O–H groups in total. The van der Waals surface area contributed by atoms with Gasteiger partial charge in [0, 0.05) is 30.8 Å². The lowest BCUT2D eigenvalue weighted by molar-refractivity contribution is -0.384. The first-order chi connectivity index (χ1) is 9.58. The average molecular weight is 277 g/mol. The van der Waals surface area contributed by atoms with Crippen LogP contribution in [0.5, 0.6) is 0 Å². The van der Waals surface area contributed by atoms with Gasteiger partial charge in [-0.05, 0) is 45.3 Å². The van der Waals surface area contributed by atoms with E-state index >= 15 is 0 Å². The van der Waals surface area contributed by atoms with Crippen molar-refractivity contribution in [1.82, 2.24) is 10.2 Å². The summed E-state index contributed by atoms with van der Waals surface area (Å²) in [5, 5.41) is 14.1. The first-order valence-electron chi connectivity index (χ1n) is 7.29. The van der Waals surface area contributed by atoms with Gasteiger partial charge in [-0.1, -0.05) is 12.1 Å². The van der Waals surface area contributed by atoms with Crippen molar-refractivity contribution in [1.29, 1.82) is 0 Å². The fourth-order valence-corrected chi connectivity index (χ4v) is 2.66. The minimum atomic E-state index is -0.364. The summed E-state index contributed by atoms with van der Waals surface area (Å²) in [6.07, 6.45) is 2.62. The van der Waals surface area contributed by atoms with Crippen LogP contribution in [0, 0.1) is 10.1 Å². The van der Waals surface area contributed by atoms with Gasteiger partial charge in [0.25, 0.3) is 5.69 Å². The van der Waals surface area contributed by atoms with Gasteiger partial charge in [0.05, 0.1) is 4.92 Å². The molecule has 2 unspecified atom stereocenters. The zero-order valence-electron chi connectivity index (χ0n) is 12.2. The molecule has 1 aliphatic rings. The number of likely N-dealkylation sites (tertiary alicyclic amines) is 1. The van der Waals surface area contributed by atoms with E-state index in [4.69, 9.17) is 0 Å². The van der Waals surface area contributed by atoms with Crippen molar-refractivity contribution in [2.45, 2.75) is 38.8 Å². The molecule has 1 aromatic rings. The Morgan fingerprint density at radius 2 is 1.85 bits per heavy atom. The first-order valence-corrected chi connectivity index (χ1v) is 7.29. The quantitative estimate of drug-likeness (QED) is 0.641. The van der Waals surface area contributed by atoms with Crippen LogP contribution in [0.2, 0.25) is 0 Å². The molecule has 0 bridgehead atoms. The minimum absolute atomic E-state index is 0.145. The molecular weight excluding hydrogens is 254 g/mol. The van der Waals surface area contributed by atoms with Crippen LogP contribution >= 0.6 is 0 Å². The Morgan fingerprint density at radius 1 is 1.25 bits per heavy atom. The summed E-state index contributed by atoms with van der Waals surface area (Å²) in [7, 11) is 0. The third kappa shape index (κ3) is 3.77. The fourth-order valence-electron chi connectivity index (χ4n) is 2.66. The smallest absolute Gasteiger partial charge is 0.269 e. The van der Waals surface area contributed by atoms with Gasteiger partial charge < -0.3 is 5.32 Å². The van der Waals surface area contributed by atoms with Gasteiger partial charge in [0.15, 0.2) is 0 Å². The highest BCUT2D eigenvalue weighted by Gasteiger charge is 2.18. The maximum Gasteiger partial charge on any atom is 0.269 e. The third-order valence-corrected chi connectivity index (χ3v) is 4.09. The molecule has 0 radical (unpaired) electrons. The molecule has 110 valence electrons. The van der Waals surface area contributed by atoms with Crippen LogP contribution in [0.3, 0.4) is 0 Å². The van der Waals surface area contributed by atoms with Gasteiger partial charge in [-0.3, -0.25) is 15.0 Å². The summed E-state index contributed by atoms with van der Waals surface area (Å²) in [6, 6.07) is 7.54. The Bertz CT molecular complexity index is 441. The van der Waals surface area contributed by atoms with Crippen molar-refractivity contribution in [2.24, 2.45) is 0 Å². The van der Waals surface area contributed by atoms with Gasteiger partial charge in [-0.15, -0.1) is 0 Å². The number of non-ortho nitro benzene ring substituents is 1.